The number of likely N-dealkylation sites (N-methyl/N-ethyl adjacent to an activating group) is 1. The molecule has 1 saturated heterocycles. The molecule has 4 rings (SSSR count). The molecule has 1 aliphatic rings. The van der Waals surface area contributed by atoms with Gasteiger partial charge in [-0.3, -0.25) is 9.59 Å². The second-order valence-corrected chi connectivity index (χ2v) is 8.45. The first kappa shape index (κ1) is 23.1. The molecule has 0 bridgehead atoms. The molecule has 0 spiro atoms. The van der Waals surface area contributed by atoms with Gasteiger partial charge < -0.3 is 25.0 Å². The lowest BCUT2D eigenvalue weighted by molar-refractivity contribution is -0.121. The number of carbonyl (C=O) groups is 2. The first-order chi connectivity index (χ1) is 16.0. The largest absolute Gasteiger partial charge is 0.366 e. The zero-order chi connectivity index (χ0) is 23.4. The van der Waals surface area contributed by atoms with E-state index >= 15 is 0 Å². The fraction of sp³-hybridized carbons (Fsp3) is 0.333. The Hall–Kier alpha value is -3.10. The van der Waals surface area contributed by atoms with Crippen LogP contribution in [0.5, 0.6) is 0 Å². The van der Waals surface area contributed by atoms with Crippen LogP contribution >= 0.6 is 11.6 Å². The molecule has 0 saturated carbocycles. The summed E-state index contributed by atoms with van der Waals surface area (Å²) in [5.41, 5.74) is 1.82. The summed E-state index contributed by atoms with van der Waals surface area (Å²) in [7, 11) is 1.82. The van der Waals surface area contributed by atoms with Crippen molar-refractivity contribution in [1.82, 2.24) is 20.1 Å². The highest BCUT2D eigenvalue weighted by Gasteiger charge is 2.26. The van der Waals surface area contributed by atoms with Gasteiger partial charge >= 0.3 is 0 Å². The zero-order valence-electron chi connectivity index (χ0n) is 18.5. The SMILES string of the molecule is CNCCNC(=O)Cn1cc(C(=O)N2CCN(c3ccccc3F)CC2)c2ccc(Cl)cc21. The minimum Gasteiger partial charge on any atom is -0.366 e. The predicted molar refractivity (Wildman–Crippen MR) is 128 cm³/mol. The maximum atomic E-state index is 14.1. The Labute approximate surface area is 197 Å². The van der Waals surface area contributed by atoms with Gasteiger partial charge in [-0.1, -0.05) is 29.8 Å². The summed E-state index contributed by atoms with van der Waals surface area (Å²) in [6.45, 7) is 3.35. The first-order valence-electron chi connectivity index (χ1n) is 11.0. The molecule has 7 nitrogen and oxygen atoms in total. The van der Waals surface area contributed by atoms with Crippen LogP contribution in [0.2, 0.25) is 5.02 Å². The number of halogens is 2. The number of nitrogens with zero attached hydrogens (tertiary/aromatic N) is 3. The molecule has 9 heteroatoms. The molecule has 174 valence electrons. The Morgan fingerprint density at radius 2 is 1.82 bits per heavy atom. The van der Waals surface area contributed by atoms with Crippen molar-refractivity contribution in [2.24, 2.45) is 0 Å². The summed E-state index contributed by atoms with van der Waals surface area (Å²) in [4.78, 5) is 29.5. The Bertz CT molecular complexity index is 1160. The fourth-order valence-electron chi connectivity index (χ4n) is 4.13. The summed E-state index contributed by atoms with van der Waals surface area (Å²) in [5, 5.41) is 7.12. The normalized spacial score (nSPS) is 14.0. The van der Waals surface area contributed by atoms with E-state index in [4.69, 9.17) is 11.6 Å². The molecule has 0 unspecified atom stereocenters. The second kappa shape index (κ2) is 10.2. The molecule has 2 N–H and O–H groups in total. The summed E-state index contributed by atoms with van der Waals surface area (Å²) >= 11 is 6.20. The number of nitrogens with one attached hydrogen (secondary N) is 2. The first-order valence-corrected chi connectivity index (χ1v) is 11.3. The smallest absolute Gasteiger partial charge is 0.256 e. The topological polar surface area (TPSA) is 69.6 Å². The lowest BCUT2D eigenvalue weighted by Crippen LogP contribution is -2.49. The number of aromatic nitrogens is 1. The molecular formula is C24H27ClFN5O2. The number of para-hydroxylation sites is 1. The van der Waals surface area contributed by atoms with Crippen LogP contribution in [0.15, 0.2) is 48.7 Å². The van der Waals surface area contributed by atoms with Crippen LogP contribution in [0.25, 0.3) is 10.9 Å². The molecule has 2 heterocycles. The molecule has 0 atom stereocenters. The minimum atomic E-state index is -0.259. The van der Waals surface area contributed by atoms with E-state index in [0.29, 0.717) is 55.5 Å². The molecule has 0 radical (unpaired) electrons. The van der Waals surface area contributed by atoms with Gasteiger partial charge in [-0.25, -0.2) is 4.39 Å². The number of hydrogen-bond acceptors (Lipinski definition) is 4. The summed E-state index contributed by atoms with van der Waals surface area (Å²) in [6, 6.07) is 12.0. The number of fused-ring (bicyclic) bond motifs is 1. The maximum absolute atomic E-state index is 14.1. The van der Waals surface area contributed by atoms with E-state index < -0.39 is 0 Å². The van der Waals surface area contributed by atoms with Crippen LogP contribution < -0.4 is 15.5 Å². The van der Waals surface area contributed by atoms with Crippen molar-refractivity contribution in [2.75, 3.05) is 51.2 Å². The van der Waals surface area contributed by atoms with Gasteiger partial charge in [0.2, 0.25) is 5.91 Å². The lowest BCUT2D eigenvalue weighted by atomic mass is 10.1. The monoisotopic (exact) mass is 471 g/mol. The van der Waals surface area contributed by atoms with Crippen molar-refractivity contribution in [2.45, 2.75) is 6.54 Å². The van der Waals surface area contributed by atoms with Gasteiger partial charge in [0.25, 0.3) is 5.91 Å². The Morgan fingerprint density at radius 1 is 1.06 bits per heavy atom. The Kier molecular flexibility index (Phi) is 7.15. The molecule has 2 aromatic carbocycles. The summed E-state index contributed by atoms with van der Waals surface area (Å²) in [6.07, 6.45) is 1.73. The van der Waals surface area contributed by atoms with Crippen LogP contribution in [0.4, 0.5) is 10.1 Å². The van der Waals surface area contributed by atoms with E-state index in [0.717, 1.165) is 10.9 Å². The average Bonchev–Trinajstić information content (AvgIpc) is 3.16. The predicted octanol–water partition coefficient (Wildman–Crippen LogP) is 2.73. The van der Waals surface area contributed by atoms with Crippen molar-refractivity contribution in [3.63, 3.8) is 0 Å². The highest BCUT2D eigenvalue weighted by molar-refractivity contribution is 6.31. The van der Waals surface area contributed by atoms with Crippen molar-refractivity contribution in [1.29, 1.82) is 0 Å². The molecule has 3 aromatic rings. The molecule has 1 aliphatic heterocycles. The van der Waals surface area contributed by atoms with E-state index in [-0.39, 0.29) is 24.2 Å². The van der Waals surface area contributed by atoms with Gasteiger partial charge in [-0.2, -0.15) is 0 Å². The Balaban J connectivity index is 1.51. The standard InChI is InChI=1S/C24H27ClFN5O2/c1-27-8-9-28-23(32)16-31-15-19(18-7-6-17(25)14-22(18)31)24(33)30-12-10-29(11-13-30)21-5-3-2-4-20(21)26/h2-7,14-15,27H,8-13,16H2,1H3,(H,28,32). The van der Waals surface area contributed by atoms with Gasteiger partial charge in [0.1, 0.15) is 12.4 Å². The van der Waals surface area contributed by atoms with Crippen molar-refractivity contribution in [3.05, 3.63) is 65.1 Å². The van der Waals surface area contributed by atoms with Gasteiger partial charge in [-0.05, 0) is 31.3 Å². The van der Waals surface area contributed by atoms with Crippen LogP contribution in [0, 0.1) is 5.82 Å². The molecule has 33 heavy (non-hydrogen) atoms. The van der Waals surface area contributed by atoms with E-state index in [1.54, 1.807) is 39.9 Å². The number of amides is 2. The van der Waals surface area contributed by atoms with E-state index in [9.17, 15) is 14.0 Å². The Morgan fingerprint density at radius 3 is 2.55 bits per heavy atom. The van der Waals surface area contributed by atoms with E-state index in [2.05, 4.69) is 10.6 Å². The second-order valence-electron chi connectivity index (χ2n) is 8.02. The number of rotatable bonds is 7. The number of anilines is 1. The van der Waals surface area contributed by atoms with Crippen LogP contribution in [0.1, 0.15) is 10.4 Å². The maximum Gasteiger partial charge on any atom is 0.256 e. The van der Waals surface area contributed by atoms with E-state index in [1.165, 1.54) is 6.07 Å². The number of piperazine rings is 1. The number of carbonyl (C=O) groups excluding carboxylic acids is 2. The van der Waals surface area contributed by atoms with Gasteiger partial charge in [0, 0.05) is 55.9 Å². The minimum absolute atomic E-state index is 0.0922. The summed E-state index contributed by atoms with van der Waals surface area (Å²) < 4.78 is 15.9. The van der Waals surface area contributed by atoms with Crippen LogP contribution in [-0.2, 0) is 11.3 Å². The van der Waals surface area contributed by atoms with Gasteiger partial charge in [0.15, 0.2) is 0 Å². The molecule has 0 aliphatic carbocycles. The van der Waals surface area contributed by atoms with Crippen molar-refractivity contribution in [3.8, 4) is 0 Å². The average molecular weight is 472 g/mol. The highest BCUT2D eigenvalue weighted by atomic mass is 35.5. The zero-order valence-corrected chi connectivity index (χ0v) is 19.2. The van der Waals surface area contributed by atoms with Crippen LogP contribution in [-0.4, -0.2) is 67.6 Å². The van der Waals surface area contributed by atoms with Gasteiger partial charge in [0.05, 0.1) is 16.8 Å². The quantitative estimate of drug-likeness (QED) is 0.520. The van der Waals surface area contributed by atoms with Gasteiger partial charge in [-0.15, -0.1) is 0 Å². The third-order valence-corrected chi connectivity index (χ3v) is 6.08. The third kappa shape index (κ3) is 5.12. The molecule has 1 aromatic heterocycles. The van der Waals surface area contributed by atoms with Crippen molar-refractivity contribution >= 4 is 40.0 Å². The number of benzene rings is 2. The number of hydrogen-bond donors (Lipinski definition) is 2. The van der Waals surface area contributed by atoms with Crippen molar-refractivity contribution < 1.29 is 14.0 Å². The summed E-state index contributed by atoms with van der Waals surface area (Å²) in [5.74, 6) is -0.505. The molecular weight excluding hydrogens is 445 g/mol. The van der Waals surface area contributed by atoms with E-state index in [1.807, 2.05) is 24.1 Å². The molecule has 1 fully saturated rings. The molecule has 2 amide bonds. The highest BCUT2D eigenvalue weighted by Crippen LogP contribution is 2.27. The van der Waals surface area contributed by atoms with Crippen LogP contribution in [0.3, 0.4) is 0 Å². The fourth-order valence-corrected chi connectivity index (χ4v) is 4.30. The lowest BCUT2D eigenvalue weighted by Gasteiger charge is -2.36. The third-order valence-electron chi connectivity index (χ3n) is 5.85.